The number of hydrogen-bond acceptors (Lipinski definition) is 9. The zero-order chi connectivity index (χ0) is 31.5. The first kappa shape index (κ1) is 39.6. The first-order valence-corrected chi connectivity index (χ1v) is 16.2. The van der Waals surface area contributed by atoms with Gasteiger partial charge < -0.3 is 20.1 Å². The van der Waals surface area contributed by atoms with Crippen LogP contribution in [0.25, 0.3) is 20.9 Å². The molecule has 0 saturated carbocycles. The van der Waals surface area contributed by atoms with Crippen molar-refractivity contribution in [3.8, 4) is 0 Å². The Bertz CT molecular complexity index is 878. The predicted octanol–water partition coefficient (Wildman–Crippen LogP) is 5.50. The molecule has 0 fully saturated rings. The van der Waals surface area contributed by atoms with E-state index in [0.717, 1.165) is 19.3 Å². The third kappa shape index (κ3) is 22.2. The molecule has 1 unspecified atom stereocenters. The maximum atomic E-state index is 12.6. The number of phosphoric acid groups is 1. The van der Waals surface area contributed by atoms with Gasteiger partial charge in [-0.3, -0.25) is 13.8 Å². The number of carbonyl (C=O) groups excluding carboxylic acids is 2. The molecule has 2 amide bonds. The van der Waals surface area contributed by atoms with Gasteiger partial charge in [0.05, 0.1) is 46.4 Å². The number of hydrogen-bond donors (Lipinski definition) is 3. The van der Waals surface area contributed by atoms with Crippen LogP contribution in [0.1, 0.15) is 84.0 Å². The monoisotopic (exact) mass is 621 g/mol. The fraction of sp³-hybridized carbons (Fsp3) is 0.920. The molecule has 3 N–H and O–H groups in total. The average molecular weight is 622 g/mol. The van der Waals surface area contributed by atoms with Gasteiger partial charge in [0.1, 0.15) is 12.7 Å². The SMILES string of the molecule is CCCCCCCCCCCCCC(=O)OC[C@@H](O)COP(=O)(O)OCCNC(=O)[N+](C)(CCN=[N+]=[N-])CCN=[N+]=[N-]. The third-order valence-electron chi connectivity index (χ3n) is 6.49. The molecule has 0 radical (unpaired) electrons. The molecule has 17 heteroatoms. The summed E-state index contributed by atoms with van der Waals surface area (Å²) in [5.41, 5.74) is 16.9. The number of ether oxygens (including phenoxy) is 1. The molecule has 0 spiro atoms. The van der Waals surface area contributed by atoms with Crippen molar-refractivity contribution in [2.24, 2.45) is 10.2 Å². The molecule has 16 nitrogen and oxygen atoms in total. The zero-order valence-corrected chi connectivity index (χ0v) is 26.0. The third-order valence-corrected chi connectivity index (χ3v) is 7.47. The van der Waals surface area contributed by atoms with Crippen molar-refractivity contribution in [3.05, 3.63) is 20.9 Å². The van der Waals surface area contributed by atoms with E-state index >= 15 is 0 Å². The number of rotatable bonds is 27. The second-order valence-electron chi connectivity index (χ2n) is 10.2. The van der Waals surface area contributed by atoms with E-state index in [9.17, 15) is 24.2 Å². The number of unbranched alkanes of at least 4 members (excludes halogenated alkanes) is 10. The van der Waals surface area contributed by atoms with E-state index in [1.165, 1.54) is 44.9 Å². The van der Waals surface area contributed by atoms with E-state index < -0.39 is 32.5 Å². The summed E-state index contributed by atoms with van der Waals surface area (Å²) in [6.07, 6.45) is 11.8. The highest BCUT2D eigenvalue weighted by Crippen LogP contribution is 2.42. The van der Waals surface area contributed by atoms with E-state index in [4.69, 9.17) is 24.8 Å². The number of likely N-dealkylation sites (N-methyl/N-ethyl adjacent to an activating group) is 1. The first-order chi connectivity index (χ1) is 20.1. The van der Waals surface area contributed by atoms with Crippen LogP contribution in [0.15, 0.2) is 10.2 Å². The second kappa shape index (κ2) is 25.1. The molecule has 0 heterocycles. The molecule has 0 aliphatic heterocycles. The van der Waals surface area contributed by atoms with Crippen molar-refractivity contribution in [2.45, 2.75) is 90.1 Å². The van der Waals surface area contributed by atoms with Crippen molar-refractivity contribution in [2.75, 3.05) is 59.6 Å². The molecular weight excluding hydrogens is 571 g/mol. The van der Waals surface area contributed by atoms with Crippen LogP contribution in [0, 0.1) is 0 Å². The summed E-state index contributed by atoms with van der Waals surface area (Å²) < 4.78 is 26.3. The van der Waals surface area contributed by atoms with Crippen molar-refractivity contribution in [1.29, 1.82) is 0 Å². The Labute approximate surface area is 248 Å². The van der Waals surface area contributed by atoms with Gasteiger partial charge in [0.25, 0.3) is 0 Å². The Kier molecular flexibility index (Phi) is 23.7. The van der Waals surface area contributed by atoms with Gasteiger partial charge in [-0.15, -0.1) is 0 Å². The number of aliphatic hydroxyl groups excluding tert-OH is 1. The van der Waals surface area contributed by atoms with Crippen molar-refractivity contribution < 1.29 is 42.4 Å². The normalized spacial score (nSPS) is 14.5. The smallest absolute Gasteiger partial charge is 0.463 e. The summed E-state index contributed by atoms with van der Waals surface area (Å²) in [5.74, 6) is -0.451. The standard InChI is InChI=1S/C25H49N8O8P/c1-3-4-5-6-7-8-9-10-11-12-13-14-24(35)39-21-23(34)22-41-42(37,38)40-20-17-28-25(36)33(2,18-15-29-31-26)19-16-30-32-27/h23,34H,3-22H2,1-2H3,(H-,28,36,37,38)/p+1/t23-/m1/s1. The van der Waals surface area contributed by atoms with Gasteiger partial charge in [0.2, 0.25) is 0 Å². The summed E-state index contributed by atoms with van der Waals surface area (Å²) in [5, 5.41) is 19.3. The lowest BCUT2D eigenvalue weighted by atomic mass is 10.1. The van der Waals surface area contributed by atoms with Crippen LogP contribution in [0.3, 0.4) is 0 Å². The predicted molar refractivity (Wildman–Crippen MR) is 157 cm³/mol. The first-order valence-electron chi connectivity index (χ1n) is 14.7. The van der Waals surface area contributed by atoms with E-state index in [1.54, 1.807) is 7.05 Å². The topological polar surface area (TPSA) is 229 Å². The van der Waals surface area contributed by atoms with Gasteiger partial charge in [0.15, 0.2) is 0 Å². The lowest BCUT2D eigenvalue weighted by Crippen LogP contribution is -2.57. The van der Waals surface area contributed by atoms with Crippen LogP contribution in [-0.2, 0) is 23.1 Å². The number of nitrogens with one attached hydrogen (secondary N) is 1. The highest BCUT2D eigenvalue weighted by atomic mass is 31.2. The minimum absolute atomic E-state index is 0.0316. The number of quaternary nitrogens is 1. The molecule has 42 heavy (non-hydrogen) atoms. The number of azide groups is 2. The van der Waals surface area contributed by atoms with Crippen molar-refractivity contribution in [1.82, 2.24) is 5.32 Å². The maximum absolute atomic E-state index is 12.6. The second-order valence-corrected chi connectivity index (χ2v) is 11.7. The van der Waals surface area contributed by atoms with Crippen molar-refractivity contribution in [3.63, 3.8) is 0 Å². The lowest BCUT2D eigenvalue weighted by molar-refractivity contribution is -0.827. The summed E-state index contributed by atoms with van der Waals surface area (Å²) in [6, 6.07) is -0.501. The van der Waals surface area contributed by atoms with Gasteiger partial charge >= 0.3 is 19.8 Å². The van der Waals surface area contributed by atoms with Crippen molar-refractivity contribution >= 4 is 19.8 Å². The molecule has 0 aromatic rings. The summed E-state index contributed by atoms with van der Waals surface area (Å²) in [7, 11) is -2.99. The van der Waals surface area contributed by atoms with Crippen LogP contribution in [-0.4, -0.2) is 92.2 Å². The summed E-state index contributed by atoms with van der Waals surface area (Å²) >= 11 is 0. The Morgan fingerprint density at radius 2 is 1.43 bits per heavy atom. The zero-order valence-electron chi connectivity index (χ0n) is 25.1. The van der Waals surface area contributed by atoms with Crippen LogP contribution >= 0.6 is 7.82 Å². The molecule has 0 aliphatic rings. The molecule has 2 atom stereocenters. The highest BCUT2D eigenvalue weighted by Gasteiger charge is 2.31. The van der Waals surface area contributed by atoms with E-state index in [-0.39, 0.29) is 56.8 Å². The molecule has 0 rings (SSSR count). The highest BCUT2D eigenvalue weighted by molar-refractivity contribution is 7.47. The van der Waals surface area contributed by atoms with Crippen LogP contribution in [0.5, 0.6) is 0 Å². The average Bonchev–Trinajstić information content (AvgIpc) is 2.96. The fourth-order valence-corrected chi connectivity index (χ4v) is 4.66. The number of phosphoric ester groups is 1. The lowest BCUT2D eigenvalue weighted by Gasteiger charge is -2.30. The quantitative estimate of drug-likeness (QED) is 0.0201. The molecule has 0 aromatic heterocycles. The molecular formula is C25H50N8O8P+. The maximum Gasteiger partial charge on any atom is 0.472 e. The molecule has 242 valence electrons. The largest absolute Gasteiger partial charge is 0.472 e. The number of urea groups is 1. The van der Waals surface area contributed by atoms with E-state index in [0.29, 0.717) is 6.42 Å². The minimum atomic E-state index is -4.55. The number of carbonyl (C=O) groups is 2. The molecule has 0 saturated heterocycles. The molecule has 0 aliphatic carbocycles. The van der Waals surface area contributed by atoms with Crippen LogP contribution < -0.4 is 5.32 Å². The molecule has 0 bridgehead atoms. The Balaban J connectivity index is 4.09. The van der Waals surface area contributed by atoms with E-state index in [2.05, 4.69) is 32.3 Å². The van der Waals surface area contributed by atoms with Gasteiger partial charge in [-0.05, 0) is 17.5 Å². The van der Waals surface area contributed by atoms with Gasteiger partial charge in [-0.2, -0.15) is 0 Å². The fourth-order valence-electron chi connectivity index (χ4n) is 3.91. The number of aliphatic hydroxyl groups is 1. The Morgan fingerprint density at radius 3 is 1.95 bits per heavy atom. The number of esters is 1. The minimum Gasteiger partial charge on any atom is -0.463 e. The number of nitrogens with zero attached hydrogens (tertiary/aromatic N) is 7. The summed E-state index contributed by atoms with van der Waals surface area (Å²) in [4.78, 5) is 39.6. The van der Waals surface area contributed by atoms with Crippen LogP contribution in [0.4, 0.5) is 4.79 Å². The van der Waals surface area contributed by atoms with Gasteiger partial charge in [-0.1, -0.05) is 81.4 Å². The Hall–Kier alpha value is -2.41. The number of amides is 2. The van der Waals surface area contributed by atoms with E-state index in [1.807, 2.05) is 0 Å². The van der Waals surface area contributed by atoms with Gasteiger partial charge in [-0.25, -0.2) is 13.8 Å². The van der Waals surface area contributed by atoms with Crippen LogP contribution in [0.2, 0.25) is 0 Å². The van der Waals surface area contributed by atoms with Gasteiger partial charge in [0, 0.05) is 22.8 Å². The summed E-state index contributed by atoms with van der Waals surface area (Å²) in [6.45, 7) is 1.05. The Morgan fingerprint density at radius 1 is 0.905 bits per heavy atom. The molecule has 0 aromatic carbocycles.